The highest BCUT2D eigenvalue weighted by Crippen LogP contribution is 2.36. The Kier molecular flexibility index (Phi) is 3.97. The number of alkyl halides is 1. The summed E-state index contributed by atoms with van der Waals surface area (Å²) in [7, 11) is 0. The van der Waals surface area contributed by atoms with Crippen LogP contribution >= 0.6 is 11.6 Å². The molecule has 1 unspecified atom stereocenters. The molecule has 1 aliphatic carbocycles. The molecule has 1 heterocycles. The molecule has 106 valence electrons. The summed E-state index contributed by atoms with van der Waals surface area (Å²) in [5.41, 5.74) is 6.52. The molecule has 2 aliphatic rings. The molecule has 0 bridgehead atoms. The molecule has 1 saturated carbocycles. The molecule has 0 radical (unpaired) electrons. The number of nitrogens with one attached hydrogen (secondary N) is 1. The molecule has 0 saturated heterocycles. The predicted octanol–water partition coefficient (Wildman–Crippen LogP) is 3.41. The number of carbonyl (C=O) groups is 1. The molecule has 1 N–H and O–H groups in total. The maximum absolute atomic E-state index is 12.2. The van der Waals surface area contributed by atoms with Crippen LogP contribution in [0.2, 0.25) is 0 Å². The number of benzene rings is 1. The highest BCUT2D eigenvalue weighted by molar-refractivity contribution is 6.19. The van der Waals surface area contributed by atoms with Crippen molar-refractivity contribution < 1.29 is 4.79 Å². The lowest BCUT2D eigenvalue weighted by molar-refractivity contribution is -0.115. The van der Waals surface area contributed by atoms with Gasteiger partial charge in [-0.15, -0.1) is 11.6 Å². The van der Waals surface area contributed by atoms with E-state index in [0.717, 1.165) is 24.2 Å². The monoisotopic (exact) mass is 290 g/mol. The number of hydrogen-bond acceptors (Lipinski definition) is 3. The quantitative estimate of drug-likeness (QED) is 0.863. The first-order valence-corrected chi connectivity index (χ1v) is 7.78. The SMILES string of the molecule is O=C(CCCl)C1=C2CCCCC2N(c2ccccc2)N1. The van der Waals surface area contributed by atoms with Crippen molar-refractivity contribution in [1.29, 1.82) is 0 Å². The summed E-state index contributed by atoms with van der Waals surface area (Å²) in [5, 5.41) is 2.15. The summed E-state index contributed by atoms with van der Waals surface area (Å²) in [6.07, 6.45) is 4.92. The van der Waals surface area contributed by atoms with Gasteiger partial charge in [0.25, 0.3) is 0 Å². The van der Waals surface area contributed by atoms with Crippen LogP contribution in [0, 0.1) is 0 Å². The molecule has 0 spiro atoms. The van der Waals surface area contributed by atoms with Crippen molar-refractivity contribution in [2.75, 3.05) is 10.9 Å². The van der Waals surface area contributed by atoms with Gasteiger partial charge in [0.2, 0.25) is 0 Å². The van der Waals surface area contributed by atoms with E-state index >= 15 is 0 Å². The van der Waals surface area contributed by atoms with Crippen molar-refractivity contribution in [2.24, 2.45) is 0 Å². The van der Waals surface area contributed by atoms with Gasteiger partial charge in [-0.25, -0.2) is 0 Å². The second-order valence-corrected chi connectivity index (χ2v) is 5.72. The maximum atomic E-state index is 12.2. The third kappa shape index (κ3) is 2.42. The predicted molar refractivity (Wildman–Crippen MR) is 81.7 cm³/mol. The highest BCUT2D eigenvalue weighted by Gasteiger charge is 2.36. The van der Waals surface area contributed by atoms with E-state index in [1.807, 2.05) is 18.2 Å². The van der Waals surface area contributed by atoms with Gasteiger partial charge < -0.3 is 0 Å². The number of halogens is 1. The molecular formula is C16H19ClN2O. The average Bonchev–Trinajstić information content (AvgIpc) is 2.88. The van der Waals surface area contributed by atoms with E-state index in [2.05, 4.69) is 22.6 Å². The first-order valence-electron chi connectivity index (χ1n) is 7.24. The molecule has 1 aliphatic heterocycles. The lowest BCUT2D eigenvalue weighted by atomic mass is 9.88. The Bertz CT molecular complexity index is 527. The second-order valence-electron chi connectivity index (χ2n) is 5.34. The number of hydrazine groups is 1. The lowest BCUT2D eigenvalue weighted by Crippen LogP contribution is -2.40. The summed E-state index contributed by atoms with van der Waals surface area (Å²) < 4.78 is 0. The van der Waals surface area contributed by atoms with Crippen molar-refractivity contribution in [1.82, 2.24) is 5.43 Å². The van der Waals surface area contributed by atoms with Crippen LogP contribution in [0.4, 0.5) is 5.69 Å². The number of nitrogens with zero attached hydrogens (tertiary/aromatic N) is 1. The fourth-order valence-electron chi connectivity index (χ4n) is 3.13. The van der Waals surface area contributed by atoms with E-state index in [9.17, 15) is 4.79 Å². The molecule has 1 fully saturated rings. The van der Waals surface area contributed by atoms with Crippen molar-refractivity contribution in [3.63, 3.8) is 0 Å². The smallest absolute Gasteiger partial charge is 0.181 e. The standard InChI is InChI=1S/C16H19ClN2O/c17-11-10-15(20)16-13-8-4-5-9-14(13)19(18-16)12-6-2-1-3-7-12/h1-3,6-7,14,18H,4-5,8-11H2. The molecule has 1 atom stereocenters. The number of ketones is 1. The Labute approximate surface area is 124 Å². The van der Waals surface area contributed by atoms with Gasteiger partial charge in [0.1, 0.15) is 0 Å². The van der Waals surface area contributed by atoms with Crippen LogP contribution in [0.5, 0.6) is 0 Å². The van der Waals surface area contributed by atoms with Gasteiger partial charge in [-0.2, -0.15) is 0 Å². The molecule has 3 rings (SSSR count). The third-order valence-corrected chi connectivity index (χ3v) is 4.26. The molecule has 4 heteroatoms. The van der Waals surface area contributed by atoms with Gasteiger partial charge in [0, 0.05) is 12.3 Å². The summed E-state index contributed by atoms with van der Waals surface area (Å²) in [6.45, 7) is 0. The largest absolute Gasteiger partial charge is 0.294 e. The lowest BCUT2D eigenvalue weighted by Gasteiger charge is -2.30. The van der Waals surface area contributed by atoms with Crippen LogP contribution in [0.15, 0.2) is 41.6 Å². The fraction of sp³-hybridized carbons (Fsp3) is 0.438. The van der Waals surface area contributed by atoms with E-state index in [-0.39, 0.29) is 5.78 Å². The van der Waals surface area contributed by atoms with Crippen LogP contribution < -0.4 is 10.4 Å². The molecule has 3 nitrogen and oxygen atoms in total. The minimum Gasteiger partial charge on any atom is -0.294 e. The van der Waals surface area contributed by atoms with Gasteiger partial charge >= 0.3 is 0 Å². The molecule has 1 aromatic rings. The van der Waals surface area contributed by atoms with E-state index < -0.39 is 0 Å². The molecule has 1 aromatic carbocycles. The van der Waals surface area contributed by atoms with Crippen LogP contribution in [0.1, 0.15) is 32.1 Å². The first kappa shape index (κ1) is 13.5. The Morgan fingerprint density at radius 1 is 1.30 bits per heavy atom. The van der Waals surface area contributed by atoms with Crippen molar-refractivity contribution >= 4 is 23.1 Å². The minimum atomic E-state index is 0.139. The molecule has 20 heavy (non-hydrogen) atoms. The second kappa shape index (κ2) is 5.88. The summed E-state index contributed by atoms with van der Waals surface area (Å²) in [4.78, 5) is 12.2. The van der Waals surface area contributed by atoms with E-state index in [4.69, 9.17) is 11.6 Å². The Morgan fingerprint density at radius 2 is 2.10 bits per heavy atom. The Morgan fingerprint density at radius 3 is 2.85 bits per heavy atom. The highest BCUT2D eigenvalue weighted by atomic mass is 35.5. The number of rotatable bonds is 4. The Balaban J connectivity index is 1.89. The number of hydrogen-bond donors (Lipinski definition) is 1. The van der Waals surface area contributed by atoms with Crippen molar-refractivity contribution in [3.05, 3.63) is 41.6 Å². The van der Waals surface area contributed by atoms with Crippen LogP contribution in [-0.4, -0.2) is 17.7 Å². The molecule has 0 aromatic heterocycles. The van der Waals surface area contributed by atoms with Crippen molar-refractivity contribution in [3.8, 4) is 0 Å². The fourth-order valence-corrected chi connectivity index (χ4v) is 3.30. The topological polar surface area (TPSA) is 32.3 Å². The number of fused-ring (bicyclic) bond motifs is 1. The third-order valence-electron chi connectivity index (χ3n) is 4.08. The zero-order valence-corrected chi connectivity index (χ0v) is 12.2. The molecular weight excluding hydrogens is 272 g/mol. The number of para-hydroxylation sites is 1. The minimum absolute atomic E-state index is 0.139. The first-order chi connectivity index (χ1) is 9.81. The number of Topliss-reactive ketones (excluding diaryl/α,β-unsaturated/α-hetero) is 1. The van der Waals surface area contributed by atoms with Gasteiger partial charge in [-0.1, -0.05) is 24.6 Å². The number of carbonyl (C=O) groups excluding carboxylic acids is 1. The van der Waals surface area contributed by atoms with Crippen LogP contribution in [0.3, 0.4) is 0 Å². The molecule has 0 amide bonds. The Hall–Kier alpha value is -1.48. The van der Waals surface area contributed by atoms with Gasteiger partial charge in [-0.05, 0) is 37.0 Å². The summed E-state index contributed by atoms with van der Waals surface area (Å²) >= 11 is 5.72. The maximum Gasteiger partial charge on any atom is 0.181 e. The van der Waals surface area contributed by atoms with Gasteiger partial charge in [0.15, 0.2) is 5.78 Å². The number of anilines is 1. The summed E-state index contributed by atoms with van der Waals surface area (Å²) in [6, 6.07) is 10.5. The van der Waals surface area contributed by atoms with E-state index in [0.29, 0.717) is 18.3 Å². The zero-order chi connectivity index (χ0) is 13.9. The zero-order valence-electron chi connectivity index (χ0n) is 11.4. The van der Waals surface area contributed by atoms with E-state index in [1.165, 1.54) is 18.4 Å². The average molecular weight is 291 g/mol. The van der Waals surface area contributed by atoms with Crippen LogP contribution in [-0.2, 0) is 4.79 Å². The summed E-state index contributed by atoms with van der Waals surface area (Å²) in [5.74, 6) is 0.521. The number of allylic oxidation sites excluding steroid dienone is 1. The van der Waals surface area contributed by atoms with Gasteiger partial charge in [0.05, 0.1) is 17.4 Å². The van der Waals surface area contributed by atoms with Crippen molar-refractivity contribution in [2.45, 2.75) is 38.1 Å². The van der Waals surface area contributed by atoms with Gasteiger partial charge in [-0.3, -0.25) is 15.2 Å². The van der Waals surface area contributed by atoms with Crippen LogP contribution in [0.25, 0.3) is 0 Å². The van der Waals surface area contributed by atoms with E-state index in [1.54, 1.807) is 0 Å². The normalized spacial score (nSPS) is 21.6.